The van der Waals surface area contributed by atoms with Gasteiger partial charge in [-0.2, -0.15) is 0 Å². The molecule has 1 unspecified atom stereocenters. The Labute approximate surface area is 172 Å². The number of benzene rings is 2. The summed E-state index contributed by atoms with van der Waals surface area (Å²) in [6.07, 6.45) is 7.99. The molecule has 1 aromatic heterocycles. The first-order valence-electron chi connectivity index (χ1n) is 10.8. The minimum absolute atomic E-state index is 0.00150. The van der Waals surface area contributed by atoms with Crippen LogP contribution in [0.2, 0.25) is 0 Å². The molecule has 0 saturated carbocycles. The van der Waals surface area contributed by atoms with Gasteiger partial charge < -0.3 is 10.2 Å². The average molecular weight is 391 g/mol. The van der Waals surface area contributed by atoms with Crippen molar-refractivity contribution >= 4 is 16.9 Å². The maximum absolute atomic E-state index is 12.4. The van der Waals surface area contributed by atoms with E-state index in [2.05, 4.69) is 22.1 Å². The van der Waals surface area contributed by atoms with Gasteiger partial charge in [-0.15, -0.1) is 0 Å². The summed E-state index contributed by atoms with van der Waals surface area (Å²) < 4.78 is 2.04. The second kappa shape index (κ2) is 9.23. The Morgan fingerprint density at radius 3 is 2.76 bits per heavy atom. The fourth-order valence-electron chi connectivity index (χ4n) is 4.17. The van der Waals surface area contributed by atoms with Crippen LogP contribution >= 0.6 is 0 Å². The van der Waals surface area contributed by atoms with Gasteiger partial charge in [0.2, 0.25) is 0 Å². The minimum Gasteiger partial charge on any atom is -0.352 e. The van der Waals surface area contributed by atoms with E-state index in [0.29, 0.717) is 11.6 Å². The van der Waals surface area contributed by atoms with Gasteiger partial charge in [-0.1, -0.05) is 18.6 Å². The molecule has 4 rings (SSSR count). The molecule has 0 bridgehead atoms. The lowest BCUT2D eigenvalue weighted by Crippen LogP contribution is -2.38. The Morgan fingerprint density at radius 1 is 1.10 bits per heavy atom. The number of unbranched alkanes of at least 4 members (excludes halogenated alkanes) is 1. The molecule has 0 spiro atoms. The Bertz CT molecular complexity index is 947. The van der Waals surface area contributed by atoms with Gasteiger partial charge in [0.25, 0.3) is 5.91 Å². The summed E-state index contributed by atoms with van der Waals surface area (Å²) in [6.45, 7) is 5.43. The van der Waals surface area contributed by atoms with Gasteiger partial charge in [0.05, 0.1) is 11.0 Å². The van der Waals surface area contributed by atoms with E-state index in [1.807, 2.05) is 59.4 Å². The molecule has 1 atom stereocenters. The number of fused-ring (bicyclic) bond motifs is 1. The predicted molar refractivity (Wildman–Crippen MR) is 118 cm³/mol. The molecular formula is C24H30N4O. The smallest absolute Gasteiger partial charge is 0.251 e. The second-order valence-electron chi connectivity index (χ2n) is 7.99. The quantitative estimate of drug-likeness (QED) is 0.608. The van der Waals surface area contributed by atoms with Gasteiger partial charge in [-0.3, -0.25) is 9.36 Å². The molecular weight excluding hydrogens is 360 g/mol. The van der Waals surface area contributed by atoms with Crippen molar-refractivity contribution in [1.29, 1.82) is 0 Å². The Kier molecular flexibility index (Phi) is 6.25. The molecule has 1 amide bonds. The van der Waals surface area contributed by atoms with Crippen molar-refractivity contribution in [3.05, 3.63) is 60.4 Å². The van der Waals surface area contributed by atoms with Crippen LogP contribution in [0.5, 0.6) is 0 Å². The lowest BCUT2D eigenvalue weighted by atomic mass is 10.0. The van der Waals surface area contributed by atoms with E-state index in [4.69, 9.17) is 0 Å². The van der Waals surface area contributed by atoms with E-state index in [-0.39, 0.29) is 5.91 Å². The van der Waals surface area contributed by atoms with Gasteiger partial charge in [-0.25, -0.2) is 4.98 Å². The molecule has 1 saturated heterocycles. The van der Waals surface area contributed by atoms with E-state index >= 15 is 0 Å². The van der Waals surface area contributed by atoms with Crippen molar-refractivity contribution in [3.63, 3.8) is 0 Å². The van der Waals surface area contributed by atoms with Crippen LogP contribution in [0, 0.1) is 0 Å². The van der Waals surface area contributed by atoms with Gasteiger partial charge in [-0.05, 0) is 82.1 Å². The zero-order valence-electron chi connectivity index (χ0n) is 17.2. The molecule has 1 fully saturated rings. The highest BCUT2D eigenvalue weighted by molar-refractivity contribution is 5.94. The first-order valence-corrected chi connectivity index (χ1v) is 10.8. The van der Waals surface area contributed by atoms with Gasteiger partial charge in [0.15, 0.2) is 0 Å². The SMILES string of the molecule is CC1CCCCN1CCCCNC(=O)c1ccc(-n2cnc3ccccc32)cc1. The number of amides is 1. The summed E-state index contributed by atoms with van der Waals surface area (Å²) in [6, 6.07) is 16.5. The average Bonchev–Trinajstić information content (AvgIpc) is 3.19. The summed E-state index contributed by atoms with van der Waals surface area (Å²) in [4.78, 5) is 19.4. The molecule has 1 N–H and O–H groups in total. The Hall–Kier alpha value is -2.66. The third kappa shape index (κ3) is 4.67. The lowest BCUT2D eigenvalue weighted by Gasteiger charge is -2.33. The molecule has 2 aromatic carbocycles. The lowest BCUT2D eigenvalue weighted by molar-refractivity contribution is 0.0951. The largest absolute Gasteiger partial charge is 0.352 e. The zero-order valence-corrected chi connectivity index (χ0v) is 17.2. The molecule has 0 aliphatic carbocycles. The summed E-state index contributed by atoms with van der Waals surface area (Å²) in [7, 11) is 0. The summed E-state index contributed by atoms with van der Waals surface area (Å²) in [5, 5.41) is 3.06. The summed E-state index contributed by atoms with van der Waals surface area (Å²) >= 11 is 0. The molecule has 5 nitrogen and oxygen atoms in total. The predicted octanol–water partition coefficient (Wildman–Crippen LogP) is 4.41. The van der Waals surface area contributed by atoms with Gasteiger partial charge >= 0.3 is 0 Å². The molecule has 1 aliphatic heterocycles. The maximum Gasteiger partial charge on any atom is 0.251 e. The fourth-order valence-corrected chi connectivity index (χ4v) is 4.17. The number of likely N-dealkylation sites (tertiary alicyclic amines) is 1. The van der Waals surface area contributed by atoms with Crippen LogP contribution in [0.3, 0.4) is 0 Å². The third-order valence-corrected chi connectivity index (χ3v) is 5.96. The number of rotatable bonds is 7. The first kappa shape index (κ1) is 19.6. The van der Waals surface area contributed by atoms with Crippen molar-refractivity contribution in [1.82, 2.24) is 19.8 Å². The van der Waals surface area contributed by atoms with Crippen LogP contribution < -0.4 is 5.32 Å². The third-order valence-electron chi connectivity index (χ3n) is 5.96. The van der Waals surface area contributed by atoms with E-state index in [9.17, 15) is 4.79 Å². The van der Waals surface area contributed by atoms with Crippen molar-refractivity contribution in [2.75, 3.05) is 19.6 Å². The standard InChI is InChI=1S/C24H30N4O/c1-19-8-4-6-16-27(19)17-7-5-15-25-24(29)20-11-13-21(14-12-20)28-18-26-22-9-2-3-10-23(22)28/h2-3,9-14,18-19H,4-8,15-17H2,1H3,(H,25,29). The zero-order chi connectivity index (χ0) is 20.1. The fraction of sp³-hybridized carbons (Fsp3) is 0.417. The number of carbonyl (C=O) groups excluding carboxylic acids is 1. The normalized spacial score (nSPS) is 17.5. The molecule has 0 radical (unpaired) electrons. The Balaban J connectivity index is 1.26. The topological polar surface area (TPSA) is 50.2 Å². The number of carbonyl (C=O) groups is 1. The number of imidazole rings is 1. The van der Waals surface area contributed by atoms with Gasteiger partial charge in [0, 0.05) is 23.8 Å². The summed E-state index contributed by atoms with van der Waals surface area (Å²) in [5.41, 5.74) is 3.73. The highest BCUT2D eigenvalue weighted by Gasteiger charge is 2.17. The second-order valence-corrected chi connectivity index (χ2v) is 7.99. The van der Waals surface area contributed by atoms with Crippen molar-refractivity contribution in [2.24, 2.45) is 0 Å². The highest BCUT2D eigenvalue weighted by Crippen LogP contribution is 2.18. The molecule has 5 heteroatoms. The number of nitrogens with zero attached hydrogens (tertiary/aromatic N) is 3. The number of hydrogen-bond donors (Lipinski definition) is 1. The molecule has 3 aromatic rings. The van der Waals surface area contributed by atoms with Crippen LogP contribution in [0.25, 0.3) is 16.7 Å². The van der Waals surface area contributed by atoms with Crippen molar-refractivity contribution in [2.45, 2.75) is 45.1 Å². The first-order chi connectivity index (χ1) is 14.2. The van der Waals surface area contributed by atoms with Crippen LogP contribution in [0.4, 0.5) is 0 Å². The number of hydrogen-bond acceptors (Lipinski definition) is 3. The number of nitrogens with one attached hydrogen (secondary N) is 1. The van der Waals surface area contributed by atoms with Gasteiger partial charge in [0.1, 0.15) is 6.33 Å². The molecule has 152 valence electrons. The van der Waals surface area contributed by atoms with Crippen LogP contribution in [-0.2, 0) is 0 Å². The molecule has 29 heavy (non-hydrogen) atoms. The monoisotopic (exact) mass is 390 g/mol. The van der Waals surface area contributed by atoms with E-state index < -0.39 is 0 Å². The summed E-state index contributed by atoms with van der Waals surface area (Å²) in [5.74, 6) is -0.00150. The van der Waals surface area contributed by atoms with E-state index in [1.165, 1.54) is 25.8 Å². The Morgan fingerprint density at radius 2 is 1.93 bits per heavy atom. The number of para-hydroxylation sites is 2. The highest BCUT2D eigenvalue weighted by atomic mass is 16.1. The number of piperidine rings is 1. The van der Waals surface area contributed by atoms with Crippen LogP contribution in [-0.4, -0.2) is 46.0 Å². The van der Waals surface area contributed by atoms with E-state index in [1.54, 1.807) is 0 Å². The van der Waals surface area contributed by atoms with Crippen LogP contribution in [0.1, 0.15) is 49.4 Å². The maximum atomic E-state index is 12.4. The number of aromatic nitrogens is 2. The molecule has 1 aliphatic rings. The van der Waals surface area contributed by atoms with Crippen molar-refractivity contribution in [3.8, 4) is 5.69 Å². The minimum atomic E-state index is -0.00150. The van der Waals surface area contributed by atoms with Crippen molar-refractivity contribution < 1.29 is 4.79 Å². The molecule has 2 heterocycles. The van der Waals surface area contributed by atoms with Crippen LogP contribution in [0.15, 0.2) is 54.9 Å². The van der Waals surface area contributed by atoms with E-state index in [0.717, 1.165) is 42.7 Å².